The number of hydrogen-bond donors (Lipinski definition) is 1. The molecule has 1 amide bonds. The molecule has 5 heteroatoms. The fourth-order valence-electron chi connectivity index (χ4n) is 3.18. The summed E-state index contributed by atoms with van der Waals surface area (Å²) >= 11 is 1.72. The van der Waals surface area contributed by atoms with Crippen molar-refractivity contribution in [3.63, 3.8) is 0 Å². The maximum absolute atomic E-state index is 12.8. The minimum atomic E-state index is -0.935. The number of carbonyl (C=O) groups is 2. The van der Waals surface area contributed by atoms with Crippen LogP contribution in [0.25, 0.3) is 0 Å². The van der Waals surface area contributed by atoms with E-state index in [-0.39, 0.29) is 18.4 Å². The Labute approximate surface area is 139 Å². The minimum absolute atomic E-state index is 0.0851. The smallest absolute Gasteiger partial charge is 0.304 e. The third kappa shape index (κ3) is 3.15. The highest BCUT2D eigenvalue weighted by atomic mass is 32.1. The van der Waals surface area contributed by atoms with Gasteiger partial charge in [-0.3, -0.25) is 9.59 Å². The molecule has 23 heavy (non-hydrogen) atoms. The predicted molar refractivity (Wildman–Crippen MR) is 89.4 cm³/mol. The summed E-state index contributed by atoms with van der Waals surface area (Å²) < 4.78 is 0. The van der Waals surface area contributed by atoms with Gasteiger partial charge in [0.1, 0.15) is 0 Å². The molecular weight excluding hydrogens is 310 g/mol. The number of fused-ring (bicyclic) bond motifs is 1. The van der Waals surface area contributed by atoms with E-state index < -0.39 is 11.9 Å². The van der Waals surface area contributed by atoms with E-state index in [1.807, 2.05) is 35.2 Å². The summed E-state index contributed by atoms with van der Waals surface area (Å²) in [6.07, 6.45) is 0.704. The molecule has 4 nitrogen and oxygen atoms in total. The number of aliphatic carboxylic acids is 1. The molecule has 2 unspecified atom stereocenters. The Morgan fingerprint density at radius 2 is 2.04 bits per heavy atom. The molecule has 0 fully saturated rings. The Kier molecular flexibility index (Phi) is 4.48. The van der Waals surface area contributed by atoms with E-state index >= 15 is 0 Å². The van der Waals surface area contributed by atoms with Crippen LogP contribution in [0.2, 0.25) is 0 Å². The summed E-state index contributed by atoms with van der Waals surface area (Å²) in [5.41, 5.74) is 2.24. The van der Waals surface area contributed by atoms with E-state index in [0.29, 0.717) is 6.54 Å². The van der Waals surface area contributed by atoms with Gasteiger partial charge in [0.25, 0.3) is 0 Å². The standard InChI is InChI=1S/C18H19NO3S/c1-12(11-16(20)21)18(22)19-9-7-15-14(8-10-23-15)17(19)13-5-3-2-4-6-13/h2-6,8,10,12,17H,7,9,11H2,1H3,(H,20,21). The molecule has 0 saturated carbocycles. The van der Waals surface area contributed by atoms with E-state index in [4.69, 9.17) is 5.11 Å². The quantitative estimate of drug-likeness (QED) is 0.936. The molecular formula is C18H19NO3S. The molecule has 120 valence electrons. The van der Waals surface area contributed by atoms with Crippen molar-refractivity contribution < 1.29 is 14.7 Å². The van der Waals surface area contributed by atoms with Crippen molar-refractivity contribution in [1.82, 2.24) is 4.90 Å². The van der Waals surface area contributed by atoms with Gasteiger partial charge in [-0.1, -0.05) is 37.3 Å². The lowest BCUT2D eigenvalue weighted by Gasteiger charge is -2.37. The summed E-state index contributed by atoms with van der Waals surface area (Å²) in [4.78, 5) is 26.9. The maximum atomic E-state index is 12.8. The van der Waals surface area contributed by atoms with Gasteiger partial charge in [0.2, 0.25) is 5.91 Å². The van der Waals surface area contributed by atoms with Crippen LogP contribution in [0.5, 0.6) is 0 Å². The second kappa shape index (κ2) is 6.54. The van der Waals surface area contributed by atoms with Crippen LogP contribution in [-0.2, 0) is 16.0 Å². The Hall–Kier alpha value is -2.14. The van der Waals surface area contributed by atoms with Crippen LogP contribution < -0.4 is 0 Å². The van der Waals surface area contributed by atoms with Crippen molar-refractivity contribution in [2.45, 2.75) is 25.8 Å². The first-order valence-electron chi connectivity index (χ1n) is 7.71. The highest BCUT2D eigenvalue weighted by Crippen LogP contribution is 2.38. The summed E-state index contributed by atoms with van der Waals surface area (Å²) in [7, 11) is 0. The van der Waals surface area contributed by atoms with Gasteiger partial charge in [0, 0.05) is 17.3 Å². The van der Waals surface area contributed by atoms with Gasteiger partial charge in [-0.25, -0.2) is 0 Å². The summed E-state index contributed by atoms with van der Waals surface area (Å²) in [5.74, 6) is -1.53. The number of nitrogens with zero attached hydrogens (tertiary/aromatic N) is 1. The summed E-state index contributed by atoms with van der Waals surface area (Å²) in [6, 6.07) is 11.9. The van der Waals surface area contributed by atoms with Crippen molar-refractivity contribution in [3.8, 4) is 0 Å². The number of carboxylic acids is 1. The fraction of sp³-hybridized carbons (Fsp3) is 0.333. The Balaban J connectivity index is 1.96. The van der Waals surface area contributed by atoms with Crippen LogP contribution in [-0.4, -0.2) is 28.4 Å². The van der Waals surface area contributed by atoms with E-state index in [2.05, 4.69) is 11.4 Å². The van der Waals surface area contributed by atoms with Crippen LogP contribution in [0, 0.1) is 5.92 Å². The SMILES string of the molecule is CC(CC(=O)O)C(=O)N1CCc2sccc2C1c1ccccc1. The summed E-state index contributed by atoms with van der Waals surface area (Å²) in [5, 5.41) is 11.0. The van der Waals surface area contributed by atoms with Crippen molar-refractivity contribution in [1.29, 1.82) is 0 Å². The first-order valence-corrected chi connectivity index (χ1v) is 8.59. The highest BCUT2D eigenvalue weighted by molar-refractivity contribution is 7.10. The van der Waals surface area contributed by atoms with Gasteiger partial charge in [0.15, 0.2) is 0 Å². The minimum Gasteiger partial charge on any atom is -0.481 e. The van der Waals surface area contributed by atoms with Gasteiger partial charge in [-0.2, -0.15) is 0 Å². The number of hydrogen-bond acceptors (Lipinski definition) is 3. The lowest BCUT2D eigenvalue weighted by Crippen LogP contribution is -2.43. The number of benzene rings is 1. The maximum Gasteiger partial charge on any atom is 0.304 e. The lowest BCUT2D eigenvalue weighted by molar-refractivity contribution is -0.145. The molecule has 2 atom stereocenters. The van der Waals surface area contributed by atoms with Crippen molar-refractivity contribution in [3.05, 3.63) is 57.8 Å². The zero-order valence-corrected chi connectivity index (χ0v) is 13.8. The van der Waals surface area contributed by atoms with E-state index in [0.717, 1.165) is 12.0 Å². The first kappa shape index (κ1) is 15.7. The molecule has 0 bridgehead atoms. The molecule has 1 aliphatic rings. The van der Waals surface area contributed by atoms with Crippen LogP contribution in [0.1, 0.15) is 35.4 Å². The molecule has 0 spiro atoms. The van der Waals surface area contributed by atoms with Gasteiger partial charge in [0.05, 0.1) is 12.5 Å². The molecule has 0 radical (unpaired) electrons. The van der Waals surface area contributed by atoms with Crippen molar-refractivity contribution in [2.75, 3.05) is 6.54 Å². The molecule has 2 aromatic rings. The molecule has 1 aliphatic heterocycles. The third-order valence-electron chi connectivity index (χ3n) is 4.27. The Bertz CT molecular complexity index is 710. The third-order valence-corrected chi connectivity index (χ3v) is 5.26. The second-order valence-corrected chi connectivity index (χ2v) is 6.89. The second-order valence-electron chi connectivity index (χ2n) is 5.89. The number of carboxylic acid groups (broad SMARTS) is 1. The molecule has 0 saturated heterocycles. The molecule has 1 N–H and O–H groups in total. The van der Waals surface area contributed by atoms with E-state index in [9.17, 15) is 9.59 Å². The monoisotopic (exact) mass is 329 g/mol. The van der Waals surface area contributed by atoms with Gasteiger partial charge >= 0.3 is 5.97 Å². The predicted octanol–water partition coefficient (Wildman–Crippen LogP) is 3.33. The lowest BCUT2D eigenvalue weighted by atomic mass is 9.91. The number of carbonyl (C=O) groups excluding carboxylic acids is 1. The van der Waals surface area contributed by atoms with Gasteiger partial charge in [-0.05, 0) is 29.0 Å². The Morgan fingerprint density at radius 1 is 1.30 bits per heavy atom. The average Bonchev–Trinajstić information content (AvgIpc) is 3.02. The molecule has 0 aliphatic carbocycles. The Morgan fingerprint density at radius 3 is 2.74 bits per heavy atom. The number of rotatable bonds is 4. The first-order chi connectivity index (χ1) is 11.1. The molecule has 2 heterocycles. The normalized spacial score (nSPS) is 18.3. The number of thiophene rings is 1. The van der Waals surface area contributed by atoms with Crippen molar-refractivity contribution in [2.24, 2.45) is 5.92 Å². The van der Waals surface area contributed by atoms with Gasteiger partial charge in [-0.15, -0.1) is 11.3 Å². The molecule has 1 aromatic carbocycles. The van der Waals surface area contributed by atoms with E-state index in [1.165, 1.54) is 10.4 Å². The van der Waals surface area contributed by atoms with Crippen LogP contribution in [0.3, 0.4) is 0 Å². The topological polar surface area (TPSA) is 57.6 Å². The van der Waals surface area contributed by atoms with Crippen molar-refractivity contribution >= 4 is 23.2 Å². The van der Waals surface area contributed by atoms with Crippen LogP contribution in [0.4, 0.5) is 0 Å². The fourth-order valence-corrected chi connectivity index (χ4v) is 4.08. The largest absolute Gasteiger partial charge is 0.481 e. The molecule has 1 aromatic heterocycles. The van der Waals surface area contributed by atoms with E-state index in [1.54, 1.807) is 18.3 Å². The van der Waals surface area contributed by atoms with Crippen LogP contribution >= 0.6 is 11.3 Å². The molecule has 3 rings (SSSR count). The summed E-state index contributed by atoms with van der Waals surface area (Å²) in [6.45, 7) is 2.33. The number of amides is 1. The van der Waals surface area contributed by atoms with Gasteiger partial charge < -0.3 is 10.0 Å². The zero-order valence-electron chi connectivity index (χ0n) is 12.9. The van der Waals surface area contributed by atoms with Crippen LogP contribution in [0.15, 0.2) is 41.8 Å². The zero-order chi connectivity index (χ0) is 16.4. The average molecular weight is 329 g/mol. The highest BCUT2D eigenvalue weighted by Gasteiger charge is 2.34.